The molecule has 1 amide bonds. The third-order valence-corrected chi connectivity index (χ3v) is 6.35. The molecule has 2 fully saturated rings. The Morgan fingerprint density at radius 3 is 2.67 bits per heavy atom. The van der Waals surface area contributed by atoms with Gasteiger partial charge in [0.1, 0.15) is 11.6 Å². The molecule has 1 saturated heterocycles. The molecule has 1 aromatic carbocycles. The van der Waals surface area contributed by atoms with E-state index in [1.165, 1.54) is 12.8 Å². The molecular formula is C24H29N7O2. The van der Waals surface area contributed by atoms with E-state index < -0.39 is 0 Å². The summed E-state index contributed by atoms with van der Waals surface area (Å²) in [6.45, 7) is 7.19. The lowest BCUT2D eigenvalue weighted by molar-refractivity contribution is 0.102. The van der Waals surface area contributed by atoms with E-state index in [0.29, 0.717) is 17.3 Å². The fourth-order valence-corrected chi connectivity index (χ4v) is 4.28. The third-order valence-electron chi connectivity index (χ3n) is 6.35. The lowest BCUT2D eigenvalue weighted by atomic mass is 10.2. The van der Waals surface area contributed by atoms with E-state index in [9.17, 15) is 4.79 Å². The second-order valence-corrected chi connectivity index (χ2v) is 8.69. The number of anilines is 1. The number of piperazine rings is 1. The van der Waals surface area contributed by atoms with Crippen molar-refractivity contribution in [3.05, 3.63) is 59.5 Å². The Morgan fingerprint density at radius 1 is 1.15 bits per heavy atom. The highest BCUT2D eigenvalue weighted by Crippen LogP contribution is 2.27. The molecule has 3 aromatic rings. The first kappa shape index (κ1) is 21.5. The summed E-state index contributed by atoms with van der Waals surface area (Å²) in [5, 5.41) is 11.1. The molecule has 0 bridgehead atoms. The minimum Gasteiger partial charge on any atom is -0.497 e. The summed E-state index contributed by atoms with van der Waals surface area (Å²) in [6.07, 6.45) is 4.57. The second kappa shape index (κ2) is 9.29. The van der Waals surface area contributed by atoms with E-state index in [1.54, 1.807) is 11.8 Å². The van der Waals surface area contributed by atoms with Crippen LogP contribution < -0.4 is 10.1 Å². The second-order valence-electron chi connectivity index (χ2n) is 8.69. The predicted octanol–water partition coefficient (Wildman–Crippen LogP) is 2.51. The van der Waals surface area contributed by atoms with Gasteiger partial charge in [-0.05, 0) is 43.5 Å². The summed E-state index contributed by atoms with van der Waals surface area (Å²) in [5.74, 6) is 0.873. The van der Waals surface area contributed by atoms with E-state index in [2.05, 4.69) is 30.4 Å². The van der Waals surface area contributed by atoms with E-state index in [1.807, 2.05) is 49.5 Å². The minimum atomic E-state index is -0.335. The molecule has 2 aromatic heterocycles. The number of hydrogen-bond acceptors (Lipinski definition) is 7. The van der Waals surface area contributed by atoms with Crippen LogP contribution in [0.15, 0.2) is 42.6 Å². The number of methoxy groups -OCH3 is 1. The number of aromatic nitrogens is 4. The van der Waals surface area contributed by atoms with E-state index in [4.69, 9.17) is 4.74 Å². The molecule has 0 unspecified atom stereocenters. The first-order valence-corrected chi connectivity index (χ1v) is 11.4. The van der Waals surface area contributed by atoms with Gasteiger partial charge in [-0.1, -0.05) is 17.3 Å². The maximum atomic E-state index is 12.8. The number of carbonyl (C=O) groups excluding carboxylic acids is 1. The summed E-state index contributed by atoms with van der Waals surface area (Å²) in [4.78, 5) is 22.3. The van der Waals surface area contributed by atoms with Gasteiger partial charge in [-0.15, -0.1) is 5.10 Å². The molecule has 172 valence electrons. The zero-order valence-corrected chi connectivity index (χ0v) is 19.1. The van der Waals surface area contributed by atoms with Crippen molar-refractivity contribution in [2.24, 2.45) is 0 Å². The van der Waals surface area contributed by atoms with Gasteiger partial charge in [-0.2, -0.15) is 0 Å². The molecule has 0 atom stereocenters. The van der Waals surface area contributed by atoms with E-state index >= 15 is 0 Å². The molecule has 3 heterocycles. The normalized spacial score (nSPS) is 17.2. The van der Waals surface area contributed by atoms with Crippen molar-refractivity contribution < 1.29 is 9.53 Å². The number of nitrogens with one attached hydrogen (secondary N) is 1. The van der Waals surface area contributed by atoms with Gasteiger partial charge in [0.25, 0.3) is 5.91 Å². The number of hydrogen-bond donors (Lipinski definition) is 1. The largest absolute Gasteiger partial charge is 0.497 e. The highest BCUT2D eigenvalue weighted by molar-refractivity contribution is 6.03. The number of carbonyl (C=O) groups is 1. The topological polar surface area (TPSA) is 88.4 Å². The van der Waals surface area contributed by atoms with Crippen LogP contribution in [-0.4, -0.2) is 75.0 Å². The van der Waals surface area contributed by atoms with Gasteiger partial charge in [0, 0.05) is 51.0 Å². The standard InChI is InChI=1S/C24H29N7O2/c1-17-23(27-28-31(17)20-4-3-5-21(14-20)33-2)24(32)26-22-9-6-18(15-25-22)16-29-10-12-30(13-11-29)19-7-8-19/h3-6,9,14-15,19H,7-8,10-13,16H2,1-2H3,(H,25,26,32). The molecule has 33 heavy (non-hydrogen) atoms. The minimum absolute atomic E-state index is 0.261. The molecule has 1 aliphatic heterocycles. The molecule has 9 heteroatoms. The Hall–Kier alpha value is -3.30. The molecule has 1 N–H and O–H groups in total. The van der Waals surface area contributed by atoms with Gasteiger partial charge in [0.2, 0.25) is 0 Å². The smallest absolute Gasteiger partial charge is 0.279 e. The summed E-state index contributed by atoms with van der Waals surface area (Å²) < 4.78 is 6.89. The van der Waals surface area contributed by atoms with Crippen LogP contribution in [0.5, 0.6) is 5.75 Å². The van der Waals surface area contributed by atoms with Crippen molar-refractivity contribution in [2.45, 2.75) is 32.4 Å². The third kappa shape index (κ3) is 4.89. The van der Waals surface area contributed by atoms with Gasteiger partial charge < -0.3 is 10.1 Å². The summed E-state index contributed by atoms with van der Waals surface area (Å²) in [5.41, 5.74) is 2.83. The number of nitrogens with zero attached hydrogens (tertiary/aromatic N) is 6. The molecule has 0 spiro atoms. The fraction of sp³-hybridized carbons (Fsp3) is 0.417. The van der Waals surface area contributed by atoms with Gasteiger partial charge in [0.15, 0.2) is 5.69 Å². The van der Waals surface area contributed by atoms with Crippen molar-refractivity contribution in [1.82, 2.24) is 29.8 Å². The van der Waals surface area contributed by atoms with Crippen LogP contribution in [0.4, 0.5) is 5.82 Å². The van der Waals surface area contributed by atoms with Gasteiger partial charge in [-0.3, -0.25) is 14.6 Å². The monoisotopic (exact) mass is 447 g/mol. The summed E-state index contributed by atoms with van der Waals surface area (Å²) >= 11 is 0. The fourth-order valence-electron chi connectivity index (χ4n) is 4.28. The number of benzene rings is 1. The summed E-state index contributed by atoms with van der Waals surface area (Å²) in [7, 11) is 1.61. The van der Waals surface area contributed by atoms with Crippen LogP contribution in [0.1, 0.15) is 34.6 Å². The Balaban J connectivity index is 1.19. The number of ether oxygens (including phenoxy) is 1. The van der Waals surface area contributed by atoms with E-state index in [-0.39, 0.29) is 11.6 Å². The van der Waals surface area contributed by atoms with Crippen molar-refractivity contribution >= 4 is 11.7 Å². The van der Waals surface area contributed by atoms with Crippen molar-refractivity contribution in [3.8, 4) is 11.4 Å². The van der Waals surface area contributed by atoms with Crippen LogP contribution in [0.3, 0.4) is 0 Å². The lowest BCUT2D eigenvalue weighted by Gasteiger charge is -2.34. The first-order valence-electron chi connectivity index (χ1n) is 11.4. The summed E-state index contributed by atoms with van der Waals surface area (Å²) in [6, 6.07) is 12.2. The molecule has 2 aliphatic rings. The molecular weight excluding hydrogens is 418 g/mol. The van der Waals surface area contributed by atoms with Crippen molar-refractivity contribution in [2.75, 3.05) is 38.6 Å². The molecule has 0 radical (unpaired) electrons. The van der Waals surface area contributed by atoms with Crippen LogP contribution in [0.2, 0.25) is 0 Å². The van der Waals surface area contributed by atoms with Crippen LogP contribution in [0.25, 0.3) is 5.69 Å². The predicted molar refractivity (Wildman–Crippen MR) is 125 cm³/mol. The SMILES string of the molecule is COc1cccc(-n2nnc(C(=O)Nc3ccc(CN4CCN(C5CC5)CC4)cn3)c2C)c1. The Bertz CT molecular complexity index is 1120. The Morgan fingerprint density at radius 2 is 1.97 bits per heavy atom. The molecule has 1 aliphatic carbocycles. The maximum Gasteiger partial charge on any atom is 0.279 e. The maximum absolute atomic E-state index is 12.8. The van der Waals surface area contributed by atoms with Crippen LogP contribution in [-0.2, 0) is 6.54 Å². The number of rotatable bonds is 7. The zero-order valence-electron chi connectivity index (χ0n) is 19.1. The quantitative estimate of drug-likeness (QED) is 0.595. The van der Waals surface area contributed by atoms with Crippen molar-refractivity contribution in [1.29, 1.82) is 0 Å². The number of pyridine rings is 1. The zero-order chi connectivity index (χ0) is 22.8. The van der Waals surface area contributed by atoms with Crippen molar-refractivity contribution in [3.63, 3.8) is 0 Å². The Labute approximate surface area is 193 Å². The molecule has 5 rings (SSSR count). The van der Waals surface area contributed by atoms with Crippen LogP contribution in [0, 0.1) is 6.92 Å². The van der Waals surface area contributed by atoms with E-state index in [0.717, 1.165) is 50.0 Å². The first-order chi connectivity index (χ1) is 16.1. The lowest BCUT2D eigenvalue weighted by Crippen LogP contribution is -2.46. The molecule has 9 nitrogen and oxygen atoms in total. The van der Waals surface area contributed by atoms with Gasteiger partial charge in [0.05, 0.1) is 18.5 Å². The average molecular weight is 448 g/mol. The molecule has 1 saturated carbocycles. The van der Waals surface area contributed by atoms with Gasteiger partial charge >= 0.3 is 0 Å². The Kier molecular flexibility index (Phi) is 6.06. The van der Waals surface area contributed by atoms with Crippen LogP contribution >= 0.6 is 0 Å². The number of amides is 1. The highest BCUT2D eigenvalue weighted by atomic mass is 16.5. The average Bonchev–Trinajstić information content (AvgIpc) is 3.62. The van der Waals surface area contributed by atoms with Gasteiger partial charge in [-0.25, -0.2) is 9.67 Å². The highest BCUT2D eigenvalue weighted by Gasteiger charge is 2.31.